The molecule has 1 aliphatic heterocycles. The van der Waals surface area contributed by atoms with Crippen LogP contribution in [0.15, 0.2) is 53.3 Å². The molecular weight excluding hydrogens is 266 g/mol. The highest BCUT2D eigenvalue weighted by atomic mass is 32.1. The molecule has 2 nitrogen and oxygen atoms in total. The molecule has 1 aliphatic carbocycles. The van der Waals surface area contributed by atoms with Crippen molar-refractivity contribution in [1.82, 2.24) is 4.98 Å². The first-order chi connectivity index (χ1) is 9.72. The Balaban J connectivity index is 2.25. The number of aryl methyl sites for hydroxylation is 1. The lowest BCUT2D eigenvalue weighted by Gasteiger charge is -2.09. The molecule has 0 unspecified atom stereocenters. The predicted molar refractivity (Wildman–Crippen MR) is 84.8 cm³/mol. The SMILES string of the molecule is Cc1ccc2nc3c4ccccc4c(=O)cc-3sc2c1. The first-order valence-electron chi connectivity index (χ1n) is 6.45. The van der Waals surface area contributed by atoms with Gasteiger partial charge in [-0.1, -0.05) is 30.3 Å². The highest BCUT2D eigenvalue weighted by Gasteiger charge is 2.13. The average molecular weight is 277 g/mol. The molecule has 2 aromatic rings. The van der Waals surface area contributed by atoms with Gasteiger partial charge in [0.05, 0.1) is 20.8 Å². The Morgan fingerprint density at radius 2 is 1.80 bits per heavy atom. The molecule has 0 radical (unpaired) electrons. The van der Waals surface area contributed by atoms with Gasteiger partial charge in [-0.25, -0.2) is 4.98 Å². The van der Waals surface area contributed by atoms with Crippen LogP contribution in [-0.4, -0.2) is 4.98 Å². The molecule has 0 N–H and O–H groups in total. The topological polar surface area (TPSA) is 30.0 Å². The highest BCUT2D eigenvalue weighted by Crippen LogP contribution is 2.34. The van der Waals surface area contributed by atoms with Gasteiger partial charge >= 0.3 is 0 Å². The highest BCUT2D eigenvalue weighted by molar-refractivity contribution is 7.21. The van der Waals surface area contributed by atoms with Gasteiger partial charge in [-0.15, -0.1) is 11.3 Å². The van der Waals surface area contributed by atoms with Crippen LogP contribution in [0.3, 0.4) is 0 Å². The summed E-state index contributed by atoms with van der Waals surface area (Å²) >= 11 is 1.63. The van der Waals surface area contributed by atoms with Crippen molar-refractivity contribution in [3.63, 3.8) is 0 Å². The van der Waals surface area contributed by atoms with Crippen molar-refractivity contribution in [2.45, 2.75) is 6.92 Å². The van der Waals surface area contributed by atoms with Crippen LogP contribution in [0.2, 0.25) is 0 Å². The molecule has 0 aromatic heterocycles. The molecule has 20 heavy (non-hydrogen) atoms. The summed E-state index contributed by atoms with van der Waals surface area (Å²) in [5.41, 5.74) is 3.18. The molecule has 0 atom stereocenters. The van der Waals surface area contributed by atoms with Crippen molar-refractivity contribution in [1.29, 1.82) is 0 Å². The minimum Gasteiger partial charge on any atom is -0.289 e. The summed E-state index contributed by atoms with van der Waals surface area (Å²) in [7, 11) is 0. The largest absolute Gasteiger partial charge is 0.289 e. The van der Waals surface area contributed by atoms with Gasteiger partial charge in [0.1, 0.15) is 0 Å². The van der Waals surface area contributed by atoms with Gasteiger partial charge in [-0.3, -0.25) is 4.79 Å². The first-order valence-corrected chi connectivity index (χ1v) is 7.27. The quantitative estimate of drug-likeness (QED) is 0.356. The maximum absolute atomic E-state index is 12.2. The van der Waals surface area contributed by atoms with E-state index < -0.39 is 0 Å². The van der Waals surface area contributed by atoms with Crippen LogP contribution in [-0.2, 0) is 0 Å². The van der Waals surface area contributed by atoms with E-state index in [9.17, 15) is 4.79 Å². The fourth-order valence-electron chi connectivity index (χ4n) is 2.53. The summed E-state index contributed by atoms with van der Waals surface area (Å²) in [5, 5.41) is 1.68. The van der Waals surface area contributed by atoms with Gasteiger partial charge in [0, 0.05) is 16.8 Å². The number of aromatic nitrogens is 1. The van der Waals surface area contributed by atoms with Gasteiger partial charge in [0.15, 0.2) is 5.43 Å². The smallest absolute Gasteiger partial charge is 0.188 e. The third-order valence-corrected chi connectivity index (χ3v) is 4.59. The summed E-state index contributed by atoms with van der Waals surface area (Å²) in [4.78, 5) is 17.9. The lowest BCUT2D eigenvalue weighted by molar-refractivity contribution is 1.42. The number of rotatable bonds is 0. The fourth-order valence-corrected chi connectivity index (χ4v) is 3.65. The van der Waals surface area contributed by atoms with Gasteiger partial charge in [0.2, 0.25) is 0 Å². The standard InChI is InChI=1S/C17H11NOS/c1-10-6-7-13-15(8-10)20-16-9-14(19)11-4-2-3-5-12(11)17(16)18-13/h2-9H,1H3. The minimum absolute atomic E-state index is 0.0677. The van der Waals surface area contributed by atoms with E-state index in [0.717, 1.165) is 31.6 Å². The molecule has 0 fully saturated rings. The predicted octanol–water partition coefficient (Wildman–Crippen LogP) is 4.22. The van der Waals surface area contributed by atoms with E-state index in [0.29, 0.717) is 0 Å². The molecule has 0 bridgehead atoms. The van der Waals surface area contributed by atoms with Crippen LogP contribution in [0.4, 0.5) is 0 Å². The monoisotopic (exact) mass is 277 g/mol. The maximum atomic E-state index is 12.2. The van der Waals surface area contributed by atoms with Crippen LogP contribution < -0.4 is 5.43 Å². The van der Waals surface area contributed by atoms with Gasteiger partial charge in [-0.2, -0.15) is 0 Å². The van der Waals surface area contributed by atoms with Gasteiger partial charge in [-0.05, 0) is 24.6 Å². The fraction of sp³-hybridized carbons (Fsp3) is 0.0588. The van der Waals surface area contributed by atoms with E-state index in [1.165, 1.54) is 5.56 Å². The normalized spacial score (nSPS) is 11.4. The van der Waals surface area contributed by atoms with E-state index in [4.69, 9.17) is 4.98 Å². The van der Waals surface area contributed by atoms with Crippen molar-refractivity contribution in [2.75, 3.05) is 0 Å². The van der Waals surface area contributed by atoms with Gasteiger partial charge in [0.25, 0.3) is 0 Å². The van der Waals surface area contributed by atoms with Crippen molar-refractivity contribution in [2.24, 2.45) is 0 Å². The summed E-state index contributed by atoms with van der Waals surface area (Å²) in [6.07, 6.45) is 0. The van der Waals surface area contributed by atoms with Crippen molar-refractivity contribution in [3.8, 4) is 10.6 Å². The average Bonchev–Trinajstić information content (AvgIpc) is 2.46. The van der Waals surface area contributed by atoms with Crippen molar-refractivity contribution >= 4 is 32.3 Å². The maximum Gasteiger partial charge on any atom is 0.188 e. The van der Waals surface area contributed by atoms with Gasteiger partial charge < -0.3 is 0 Å². The number of hydrogen-bond acceptors (Lipinski definition) is 3. The van der Waals surface area contributed by atoms with Crippen LogP contribution in [0.1, 0.15) is 5.56 Å². The lowest BCUT2D eigenvalue weighted by atomic mass is 10.1. The van der Waals surface area contributed by atoms with Crippen LogP contribution >= 0.6 is 11.3 Å². The molecule has 4 rings (SSSR count). The van der Waals surface area contributed by atoms with Crippen LogP contribution in [0.25, 0.3) is 31.6 Å². The Hall–Kier alpha value is -2.26. The molecule has 0 saturated heterocycles. The Bertz CT molecular complexity index is 987. The summed E-state index contributed by atoms with van der Waals surface area (Å²) < 4.78 is 1.12. The van der Waals surface area contributed by atoms with E-state index in [-0.39, 0.29) is 5.43 Å². The first kappa shape index (κ1) is 11.6. The molecule has 0 spiro atoms. The summed E-state index contributed by atoms with van der Waals surface area (Å²) in [6.45, 7) is 2.07. The second kappa shape index (κ2) is 4.12. The van der Waals surface area contributed by atoms with Crippen LogP contribution in [0, 0.1) is 6.92 Å². The molecule has 2 aliphatic rings. The number of fused-ring (bicyclic) bond motifs is 4. The summed E-state index contributed by atoms with van der Waals surface area (Å²) in [6, 6.07) is 15.6. The van der Waals surface area contributed by atoms with E-state index in [1.807, 2.05) is 30.3 Å². The molecule has 0 amide bonds. The van der Waals surface area contributed by atoms with Crippen LogP contribution in [0.5, 0.6) is 0 Å². The molecule has 3 heteroatoms. The zero-order chi connectivity index (χ0) is 13.7. The third-order valence-electron chi connectivity index (χ3n) is 3.51. The van der Waals surface area contributed by atoms with Crippen molar-refractivity contribution < 1.29 is 0 Å². The summed E-state index contributed by atoms with van der Waals surface area (Å²) in [5.74, 6) is 0. The van der Waals surface area contributed by atoms with E-state index in [2.05, 4.69) is 19.1 Å². The minimum atomic E-state index is 0.0677. The molecule has 2 aromatic carbocycles. The molecule has 0 saturated carbocycles. The zero-order valence-electron chi connectivity index (χ0n) is 10.9. The number of hydrogen-bond donors (Lipinski definition) is 0. The Morgan fingerprint density at radius 3 is 2.65 bits per heavy atom. The zero-order valence-corrected chi connectivity index (χ0v) is 11.7. The van der Waals surface area contributed by atoms with E-state index in [1.54, 1.807) is 17.4 Å². The lowest BCUT2D eigenvalue weighted by Crippen LogP contribution is -2.02. The second-order valence-corrected chi connectivity index (χ2v) is 6.04. The number of benzene rings is 3. The third kappa shape index (κ3) is 1.63. The Labute approximate surface area is 119 Å². The molecule has 1 heterocycles. The second-order valence-electron chi connectivity index (χ2n) is 4.95. The Morgan fingerprint density at radius 1 is 1.00 bits per heavy atom. The number of nitrogens with zero attached hydrogens (tertiary/aromatic N) is 1. The molecule has 96 valence electrons. The molecular formula is C17H11NOS. The van der Waals surface area contributed by atoms with E-state index >= 15 is 0 Å². The Kier molecular flexibility index (Phi) is 2.38. The van der Waals surface area contributed by atoms with Crippen molar-refractivity contribution in [3.05, 3.63) is 64.3 Å².